The summed E-state index contributed by atoms with van der Waals surface area (Å²) in [6, 6.07) is 19.4. The fourth-order valence-electron chi connectivity index (χ4n) is 3.58. The fraction of sp³-hybridized carbons (Fsp3) is 0.125. The molecule has 2 aromatic carbocycles. The highest BCUT2D eigenvalue weighted by molar-refractivity contribution is 6.46. The van der Waals surface area contributed by atoms with Gasteiger partial charge in [-0.2, -0.15) is 0 Å². The van der Waals surface area contributed by atoms with E-state index in [1.165, 1.54) is 4.90 Å². The Morgan fingerprint density at radius 3 is 2.38 bits per heavy atom. The van der Waals surface area contributed by atoms with E-state index in [4.69, 9.17) is 0 Å². The van der Waals surface area contributed by atoms with Crippen LogP contribution >= 0.6 is 0 Å². The number of Topliss-reactive ketones (excluding diaryl/α,β-unsaturated/α-hetero) is 1. The van der Waals surface area contributed by atoms with Crippen LogP contribution in [0.3, 0.4) is 0 Å². The molecule has 144 valence electrons. The second-order valence-corrected chi connectivity index (χ2v) is 7.06. The van der Waals surface area contributed by atoms with Crippen LogP contribution in [-0.4, -0.2) is 26.7 Å². The van der Waals surface area contributed by atoms with E-state index in [-0.39, 0.29) is 17.9 Å². The molecular formula is C24H20N2O3. The molecular weight excluding hydrogens is 364 g/mol. The van der Waals surface area contributed by atoms with Crippen molar-refractivity contribution in [2.75, 3.05) is 0 Å². The van der Waals surface area contributed by atoms with Crippen molar-refractivity contribution in [2.45, 2.75) is 19.5 Å². The number of aryl methyl sites for hydroxylation is 1. The maximum Gasteiger partial charge on any atom is 0.295 e. The van der Waals surface area contributed by atoms with Gasteiger partial charge in [0.1, 0.15) is 5.76 Å². The lowest BCUT2D eigenvalue weighted by Gasteiger charge is -2.25. The average Bonchev–Trinajstić information content (AvgIpc) is 3.00. The number of benzene rings is 2. The van der Waals surface area contributed by atoms with Crippen LogP contribution in [0.15, 0.2) is 84.7 Å². The molecule has 1 aromatic heterocycles. The SMILES string of the molecule is Cc1ccc([C@H]2C(=C(O)c3ccccc3)C(=O)C(=O)N2Cc2cccnc2)cc1. The molecule has 5 nitrogen and oxygen atoms in total. The quantitative estimate of drug-likeness (QED) is 0.419. The zero-order valence-electron chi connectivity index (χ0n) is 15.9. The minimum absolute atomic E-state index is 0.106. The van der Waals surface area contributed by atoms with E-state index >= 15 is 0 Å². The number of pyridine rings is 1. The van der Waals surface area contributed by atoms with Gasteiger partial charge in [0.2, 0.25) is 0 Å². The molecule has 4 rings (SSSR count). The number of aliphatic hydroxyl groups is 1. The third-order valence-electron chi connectivity index (χ3n) is 5.06. The zero-order valence-corrected chi connectivity index (χ0v) is 15.9. The van der Waals surface area contributed by atoms with Gasteiger partial charge in [0.15, 0.2) is 0 Å². The molecule has 1 fully saturated rings. The maximum absolute atomic E-state index is 12.9. The molecule has 1 aliphatic rings. The number of likely N-dealkylation sites (tertiary alicyclic amines) is 1. The van der Waals surface area contributed by atoms with Crippen LogP contribution < -0.4 is 0 Å². The van der Waals surface area contributed by atoms with Gasteiger partial charge in [-0.05, 0) is 24.1 Å². The Hall–Kier alpha value is -3.73. The highest BCUT2D eigenvalue weighted by Crippen LogP contribution is 2.40. The van der Waals surface area contributed by atoms with Gasteiger partial charge in [-0.3, -0.25) is 14.6 Å². The van der Waals surface area contributed by atoms with E-state index in [0.29, 0.717) is 5.56 Å². The molecule has 0 spiro atoms. The lowest BCUT2D eigenvalue weighted by atomic mass is 9.94. The summed E-state index contributed by atoms with van der Waals surface area (Å²) in [4.78, 5) is 31.5. The van der Waals surface area contributed by atoms with Gasteiger partial charge in [0.25, 0.3) is 11.7 Å². The molecule has 1 N–H and O–H groups in total. The van der Waals surface area contributed by atoms with E-state index in [2.05, 4.69) is 4.98 Å². The number of aromatic nitrogens is 1. The van der Waals surface area contributed by atoms with Gasteiger partial charge < -0.3 is 10.0 Å². The Bertz CT molecular complexity index is 1070. The number of aliphatic hydroxyl groups excluding tert-OH is 1. The van der Waals surface area contributed by atoms with Crippen molar-refractivity contribution in [2.24, 2.45) is 0 Å². The number of hydrogen-bond donors (Lipinski definition) is 1. The van der Waals surface area contributed by atoms with Crippen molar-refractivity contribution in [1.29, 1.82) is 0 Å². The molecule has 0 unspecified atom stereocenters. The van der Waals surface area contributed by atoms with E-state index in [0.717, 1.165) is 16.7 Å². The summed E-state index contributed by atoms with van der Waals surface area (Å²) in [5.41, 5.74) is 3.27. The molecule has 1 amide bonds. The third kappa shape index (κ3) is 3.55. The number of ketones is 1. The summed E-state index contributed by atoms with van der Waals surface area (Å²) < 4.78 is 0. The second kappa shape index (κ2) is 7.72. The molecule has 5 heteroatoms. The lowest BCUT2D eigenvalue weighted by Crippen LogP contribution is -2.29. The van der Waals surface area contributed by atoms with Crippen molar-refractivity contribution in [1.82, 2.24) is 9.88 Å². The predicted octanol–water partition coefficient (Wildman–Crippen LogP) is 4.01. The number of rotatable bonds is 4. The molecule has 1 aliphatic heterocycles. The molecule has 0 radical (unpaired) electrons. The molecule has 0 aliphatic carbocycles. The Balaban J connectivity index is 1.86. The largest absolute Gasteiger partial charge is 0.507 e. The van der Waals surface area contributed by atoms with Crippen LogP contribution in [-0.2, 0) is 16.1 Å². The van der Waals surface area contributed by atoms with Crippen molar-refractivity contribution >= 4 is 17.4 Å². The monoisotopic (exact) mass is 384 g/mol. The van der Waals surface area contributed by atoms with Crippen molar-refractivity contribution < 1.29 is 14.7 Å². The van der Waals surface area contributed by atoms with Gasteiger partial charge in [0.05, 0.1) is 11.6 Å². The first-order valence-electron chi connectivity index (χ1n) is 9.35. The number of hydrogen-bond acceptors (Lipinski definition) is 4. The Kier molecular flexibility index (Phi) is 4.96. The van der Waals surface area contributed by atoms with Gasteiger partial charge in [-0.25, -0.2) is 0 Å². The van der Waals surface area contributed by atoms with E-state index < -0.39 is 17.7 Å². The predicted molar refractivity (Wildman–Crippen MR) is 110 cm³/mol. The Labute approximate surface area is 169 Å². The first-order chi connectivity index (χ1) is 14.1. The molecule has 3 aromatic rings. The highest BCUT2D eigenvalue weighted by atomic mass is 16.3. The number of carbonyl (C=O) groups excluding carboxylic acids is 2. The second-order valence-electron chi connectivity index (χ2n) is 7.06. The van der Waals surface area contributed by atoms with Crippen LogP contribution in [0.4, 0.5) is 0 Å². The normalized spacial score (nSPS) is 18.2. The first-order valence-corrected chi connectivity index (χ1v) is 9.35. The summed E-state index contributed by atoms with van der Waals surface area (Å²) >= 11 is 0. The molecule has 29 heavy (non-hydrogen) atoms. The fourth-order valence-corrected chi connectivity index (χ4v) is 3.58. The minimum Gasteiger partial charge on any atom is -0.507 e. The van der Waals surface area contributed by atoms with Crippen LogP contribution in [0.1, 0.15) is 28.3 Å². The Morgan fingerprint density at radius 1 is 1.00 bits per heavy atom. The van der Waals surface area contributed by atoms with Gasteiger partial charge in [0, 0.05) is 24.5 Å². The van der Waals surface area contributed by atoms with E-state index in [9.17, 15) is 14.7 Å². The van der Waals surface area contributed by atoms with Crippen molar-refractivity contribution in [3.63, 3.8) is 0 Å². The molecule has 1 saturated heterocycles. The average molecular weight is 384 g/mol. The Morgan fingerprint density at radius 2 is 1.72 bits per heavy atom. The third-order valence-corrected chi connectivity index (χ3v) is 5.06. The molecule has 1 atom stereocenters. The number of nitrogens with zero attached hydrogens (tertiary/aromatic N) is 2. The number of amides is 1. The molecule has 0 bridgehead atoms. The summed E-state index contributed by atoms with van der Waals surface area (Å²) in [5.74, 6) is -1.47. The molecule has 0 saturated carbocycles. The van der Waals surface area contributed by atoms with Gasteiger partial charge in [-0.1, -0.05) is 66.2 Å². The summed E-state index contributed by atoms with van der Waals surface area (Å²) in [7, 11) is 0. The summed E-state index contributed by atoms with van der Waals surface area (Å²) in [5, 5.41) is 10.9. The lowest BCUT2D eigenvalue weighted by molar-refractivity contribution is -0.140. The van der Waals surface area contributed by atoms with Gasteiger partial charge >= 0.3 is 0 Å². The van der Waals surface area contributed by atoms with Crippen LogP contribution in [0.5, 0.6) is 0 Å². The highest BCUT2D eigenvalue weighted by Gasteiger charge is 2.46. The van der Waals surface area contributed by atoms with E-state index in [1.54, 1.807) is 42.7 Å². The van der Waals surface area contributed by atoms with Crippen LogP contribution in [0.25, 0.3) is 5.76 Å². The van der Waals surface area contributed by atoms with Crippen LogP contribution in [0, 0.1) is 6.92 Å². The van der Waals surface area contributed by atoms with Crippen LogP contribution in [0.2, 0.25) is 0 Å². The van der Waals surface area contributed by atoms with Gasteiger partial charge in [-0.15, -0.1) is 0 Å². The van der Waals surface area contributed by atoms with Crippen molar-refractivity contribution in [3.05, 3.63) is 107 Å². The van der Waals surface area contributed by atoms with Crippen molar-refractivity contribution in [3.8, 4) is 0 Å². The maximum atomic E-state index is 12.9. The first kappa shape index (κ1) is 18.6. The topological polar surface area (TPSA) is 70.5 Å². The molecule has 2 heterocycles. The standard InChI is InChI=1S/C24H20N2O3/c1-16-9-11-18(12-10-16)21-20(22(27)19-7-3-2-4-8-19)23(28)24(29)26(21)15-17-6-5-13-25-14-17/h2-14,21,27H,15H2,1H3/t21-/m0/s1. The summed E-state index contributed by atoms with van der Waals surface area (Å²) in [6.07, 6.45) is 3.33. The van der Waals surface area contributed by atoms with E-state index in [1.807, 2.05) is 43.3 Å². The zero-order chi connectivity index (χ0) is 20.4. The number of carbonyl (C=O) groups is 2. The summed E-state index contributed by atoms with van der Waals surface area (Å²) in [6.45, 7) is 2.20. The minimum atomic E-state index is -0.680. The smallest absolute Gasteiger partial charge is 0.295 e.